The quantitative estimate of drug-likeness (QED) is 0.668. The van der Waals surface area contributed by atoms with Crippen LogP contribution in [-0.4, -0.2) is 14.9 Å². The van der Waals surface area contributed by atoms with Gasteiger partial charge in [0.05, 0.1) is 4.92 Å². The third-order valence-electron chi connectivity index (χ3n) is 3.55. The number of aromatic nitrogens is 2. The molecule has 1 aliphatic carbocycles. The SMILES string of the molecule is Nc1nc(-c2ccc([N+](=O)[O-])cc2)nc2c1CCCC2. The van der Waals surface area contributed by atoms with Crippen molar-refractivity contribution in [2.75, 3.05) is 5.73 Å². The minimum Gasteiger partial charge on any atom is -0.383 e. The molecule has 6 heteroatoms. The average molecular weight is 270 g/mol. The number of non-ortho nitro benzene ring substituents is 1. The summed E-state index contributed by atoms with van der Waals surface area (Å²) in [5.74, 6) is 1.07. The van der Waals surface area contributed by atoms with E-state index in [1.165, 1.54) is 12.1 Å². The second-order valence-corrected chi connectivity index (χ2v) is 4.87. The molecule has 0 atom stereocenters. The highest BCUT2D eigenvalue weighted by atomic mass is 16.6. The molecular formula is C14H14N4O2. The fourth-order valence-corrected chi connectivity index (χ4v) is 2.48. The van der Waals surface area contributed by atoms with Gasteiger partial charge in [-0.3, -0.25) is 10.1 Å². The largest absolute Gasteiger partial charge is 0.383 e. The number of nitrogens with zero attached hydrogens (tertiary/aromatic N) is 3. The van der Waals surface area contributed by atoms with Gasteiger partial charge in [0.2, 0.25) is 0 Å². The molecule has 0 amide bonds. The smallest absolute Gasteiger partial charge is 0.269 e. The first-order chi connectivity index (χ1) is 9.65. The van der Waals surface area contributed by atoms with Gasteiger partial charge in [0.1, 0.15) is 5.82 Å². The number of anilines is 1. The molecule has 0 saturated carbocycles. The highest BCUT2D eigenvalue weighted by Gasteiger charge is 2.17. The Morgan fingerprint density at radius 1 is 1.10 bits per heavy atom. The second-order valence-electron chi connectivity index (χ2n) is 4.87. The Bertz CT molecular complexity index is 668. The van der Waals surface area contributed by atoms with E-state index in [0.717, 1.165) is 42.5 Å². The molecule has 1 aromatic carbocycles. The van der Waals surface area contributed by atoms with Crippen LogP contribution >= 0.6 is 0 Å². The summed E-state index contributed by atoms with van der Waals surface area (Å²) in [6, 6.07) is 6.22. The van der Waals surface area contributed by atoms with Crippen LogP contribution < -0.4 is 5.73 Å². The first-order valence-corrected chi connectivity index (χ1v) is 6.55. The van der Waals surface area contributed by atoms with Crippen LogP contribution in [0.2, 0.25) is 0 Å². The zero-order valence-corrected chi connectivity index (χ0v) is 10.9. The Kier molecular flexibility index (Phi) is 3.06. The Morgan fingerprint density at radius 3 is 2.50 bits per heavy atom. The molecule has 0 fully saturated rings. The fourth-order valence-electron chi connectivity index (χ4n) is 2.48. The summed E-state index contributed by atoms with van der Waals surface area (Å²) in [6.07, 6.45) is 4.09. The van der Waals surface area contributed by atoms with Crippen molar-refractivity contribution >= 4 is 11.5 Å². The molecule has 1 aliphatic rings. The molecule has 1 heterocycles. The van der Waals surface area contributed by atoms with Gasteiger partial charge in [-0.25, -0.2) is 9.97 Å². The summed E-state index contributed by atoms with van der Waals surface area (Å²) < 4.78 is 0. The summed E-state index contributed by atoms with van der Waals surface area (Å²) in [7, 11) is 0. The van der Waals surface area contributed by atoms with Gasteiger partial charge < -0.3 is 5.73 Å². The average Bonchev–Trinajstić information content (AvgIpc) is 2.47. The van der Waals surface area contributed by atoms with E-state index in [4.69, 9.17) is 5.73 Å². The van der Waals surface area contributed by atoms with Gasteiger partial charge in [0.15, 0.2) is 5.82 Å². The maximum Gasteiger partial charge on any atom is 0.269 e. The zero-order chi connectivity index (χ0) is 14.1. The summed E-state index contributed by atoms with van der Waals surface area (Å²) >= 11 is 0. The number of hydrogen-bond donors (Lipinski definition) is 1. The molecular weight excluding hydrogens is 256 g/mol. The number of nitro benzene ring substituents is 1. The molecule has 2 N–H and O–H groups in total. The molecule has 0 unspecified atom stereocenters. The van der Waals surface area contributed by atoms with Crippen LogP contribution in [0.5, 0.6) is 0 Å². The van der Waals surface area contributed by atoms with Crippen LogP contribution in [0.4, 0.5) is 11.5 Å². The van der Waals surface area contributed by atoms with Crippen LogP contribution in [0.1, 0.15) is 24.1 Å². The third-order valence-corrected chi connectivity index (χ3v) is 3.55. The highest BCUT2D eigenvalue weighted by Crippen LogP contribution is 2.27. The summed E-state index contributed by atoms with van der Waals surface area (Å²) in [5.41, 5.74) is 8.87. The summed E-state index contributed by atoms with van der Waals surface area (Å²) in [4.78, 5) is 19.1. The molecule has 0 spiro atoms. The van der Waals surface area contributed by atoms with Gasteiger partial charge >= 0.3 is 0 Å². The Labute approximate surface area is 115 Å². The van der Waals surface area contributed by atoms with E-state index < -0.39 is 4.92 Å². The van der Waals surface area contributed by atoms with Crippen molar-refractivity contribution in [1.82, 2.24) is 9.97 Å². The van der Waals surface area contributed by atoms with Crippen LogP contribution in [0.25, 0.3) is 11.4 Å². The lowest BCUT2D eigenvalue weighted by Gasteiger charge is -2.17. The van der Waals surface area contributed by atoms with E-state index >= 15 is 0 Å². The van der Waals surface area contributed by atoms with Crippen molar-refractivity contribution in [3.05, 3.63) is 45.6 Å². The number of benzene rings is 1. The van der Waals surface area contributed by atoms with Crippen LogP contribution in [0.15, 0.2) is 24.3 Å². The van der Waals surface area contributed by atoms with Crippen molar-refractivity contribution in [3.63, 3.8) is 0 Å². The molecule has 2 aromatic rings. The van der Waals surface area contributed by atoms with E-state index in [9.17, 15) is 10.1 Å². The van der Waals surface area contributed by atoms with Gasteiger partial charge in [-0.1, -0.05) is 0 Å². The lowest BCUT2D eigenvalue weighted by molar-refractivity contribution is -0.384. The summed E-state index contributed by atoms with van der Waals surface area (Å²) in [5, 5.41) is 10.6. The van der Waals surface area contributed by atoms with E-state index in [2.05, 4.69) is 9.97 Å². The topological polar surface area (TPSA) is 94.9 Å². The van der Waals surface area contributed by atoms with E-state index in [0.29, 0.717) is 11.6 Å². The van der Waals surface area contributed by atoms with Crippen molar-refractivity contribution in [2.24, 2.45) is 0 Å². The van der Waals surface area contributed by atoms with Gasteiger partial charge in [0, 0.05) is 29.0 Å². The molecule has 3 rings (SSSR count). The zero-order valence-electron chi connectivity index (χ0n) is 10.9. The Hall–Kier alpha value is -2.50. The van der Waals surface area contributed by atoms with Crippen molar-refractivity contribution < 1.29 is 4.92 Å². The Balaban J connectivity index is 2.01. The van der Waals surface area contributed by atoms with Crippen molar-refractivity contribution in [1.29, 1.82) is 0 Å². The maximum absolute atomic E-state index is 10.6. The van der Waals surface area contributed by atoms with Crippen LogP contribution in [0, 0.1) is 10.1 Å². The highest BCUT2D eigenvalue weighted by molar-refractivity contribution is 5.60. The van der Waals surface area contributed by atoms with Crippen molar-refractivity contribution in [2.45, 2.75) is 25.7 Å². The maximum atomic E-state index is 10.6. The number of fused-ring (bicyclic) bond motifs is 1. The molecule has 0 radical (unpaired) electrons. The standard InChI is InChI=1S/C14H14N4O2/c15-13-11-3-1-2-4-12(11)16-14(17-13)9-5-7-10(8-6-9)18(19)20/h5-8H,1-4H2,(H2,15,16,17). The number of nitrogens with two attached hydrogens (primary N) is 1. The lowest BCUT2D eigenvalue weighted by Crippen LogP contribution is -2.11. The van der Waals surface area contributed by atoms with Gasteiger partial charge in [-0.2, -0.15) is 0 Å². The van der Waals surface area contributed by atoms with Crippen LogP contribution in [0.3, 0.4) is 0 Å². The third kappa shape index (κ3) is 2.20. The molecule has 20 heavy (non-hydrogen) atoms. The Morgan fingerprint density at radius 2 is 1.80 bits per heavy atom. The van der Waals surface area contributed by atoms with E-state index in [1.807, 2.05) is 0 Å². The molecule has 0 bridgehead atoms. The molecule has 0 saturated heterocycles. The van der Waals surface area contributed by atoms with E-state index in [-0.39, 0.29) is 5.69 Å². The molecule has 102 valence electrons. The predicted molar refractivity (Wildman–Crippen MR) is 75.2 cm³/mol. The van der Waals surface area contributed by atoms with E-state index in [1.54, 1.807) is 12.1 Å². The number of aryl methyl sites for hydroxylation is 1. The number of rotatable bonds is 2. The normalized spacial score (nSPS) is 13.8. The van der Waals surface area contributed by atoms with Gasteiger partial charge in [0.25, 0.3) is 5.69 Å². The monoisotopic (exact) mass is 270 g/mol. The predicted octanol–water partition coefficient (Wildman–Crippen LogP) is 2.51. The van der Waals surface area contributed by atoms with Gasteiger partial charge in [-0.05, 0) is 37.8 Å². The minimum absolute atomic E-state index is 0.0553. The molecule has 6 nitrogen and oxygen atoms in total. The summed E-state index contributed by atoms with van der Waals surface area (Å²) in [6.45, 7) is 0. The number of nitrogen functional groups attached to an aromatic ring is 1. The first-order valence-electron chi connectivity index (χ1n) is 6.55. The van der Waals surface area contributed by atoms with Gasteiger partial charge in [-0.15, -0.1) is 0 Å². The number of nitro groups is 1. The second kappa shape index (κ2) is 4.88. The van der Waals surface area contributed by atoms with Crippen LogP contribution in [-0.2, 0) is 12.8 Å². The fraction of sp³-hybridized carbons (Fsp3) is 0.286. The number of hydrogen-bond acceptors (Lipinski definition) is 5. The first kappa shape index (κ1) is 12.5. The minimum atomic E-state index is -0.425. The lowest BCUT2D eigenvalue weighted by atomic mass is 9.96. The molecule has 0 aliphatic heterocycles. The van der Waals surface area contributed by atoms with Crippen molar-refractivity contribution in [3.8, 4) is 11.4 Å². The molecule has 1 aromatic heterocycles.